The lowest BCUT2D eigenvalue weighted by Crippen LogP contribution is -2.37. The molecule has 25 nitrogen and oxygen atoms in total. The van der Waals surface area contributed by atoms with Crippen molar-refractivity contribution in [2.24, 2.45) is 17.2 Å². The summed E-state index contributed by atoms with van der Waals surface area (Å²) in [4.78, 5) is 106. The number of nitrogens with zero attached hydrogens (tertiary/aromatic N) is 11. The third kappa shape index (κ3) is 11.5. The summed E-state index contributed by atoms with van der Waals surface area (Å²) >= 11 is 1.000. The number of hydrogen-bond acceptors (Lipinski definition) is 16. The van der Waals surface area contributed by atoms with E-state index in [1.54, 1.807) is 47.6 Å². The molecule has 6 amide bonds. The predicted octanol–water partition coefficient (Wildman–Crippen LogP) is 3.26. The van der Waals surface area contributed by atoms with Crippen LogP contribution in [0.5, 0.6) is 11.5 Å². The Hall–Kier alpha value is -8.65. The first kappa shape index (κ1) is 54.6. The molecule has 7 aromatic rings. The third-order valence-corrected chi connectivity index (χ3v) is 14.3. The number of carboxylic acid groups (broad SMARTS) is 1. The Bertz CT molecular complexity index is 3520. The van der Waals surface area contributed by atoms with Crippen molar-refractivity contribution in [3.05, 3.63) is 83.0 Å². The minimum Gasteiger partial charge on any atom is -0.495 e. The number of imide groups is 1. The quantitative estimate of drug-likeness (QED) is 0.0329. The standard InChI is InChI=1S/C51H59N15O10S/c1-7-65-35(18-27(3)59-65)46-55-25-32-31-20-29(44(53)69)22-37(75-6)42(31)63(47(32)57-46)14-9-10-15-64-43-34(56-51(64)58-48(71)36-19-28(4)60-66(36)8-2)21-30(45(54)70)23-38(43)76-17-11-13-61(5)40(67)12-16-62-41(68)24-39(49(62)72)77-26-33(52)50(73)74/h9-10,18-23,25,33,39H,7-8,11-17,24,26,52H2,1-6H3,(H2,53,69)(H2,54,70)(H,73,74)(H,56,58,71)/b10-9+/t33-,39?/m0/s1. The summed E-state index contributed by atoms with van der Waals surface area (Å²) in [7, 11) is 3.08. The molecule has 8 N–H and O–H groups in total. The highest BCUT2D eigenvalue weighted by molar-refractivity contribution is 8.00. The zero-order chi connectivity index (χ0) is 55.4. The summed E-state index contributed by atoms with van der Waals surface area (Å²) in [5.74, 6) is -3.26. The van der Waals surface area contributed by atoms with E-state index in [0.717, 1.165) is 28.0 Å². The number of carboxylic acids is 1. The second-order valence-electron chi connectivity index (χ2n) is 18.3. The number of benzene rings is 2. The highest BCUT2D eigenvalue weighted by Crippen LogP contribution is 2.37. The van der Waals surface area contributed by atoms with Crippen LogP contribution in [0.2, 0.25) is 0 Å². The van der Waals surface area contributed by atoms with Crippen LogP contribution in [0.4, 0.5) is 5.95 Å². The number of rotatable bonds is 24. The Morgan fingerprint density at radius 1 is 0.896 bits per heavy atom. The van der Waals surface area contributed by atoms with Gasteiger partial charge in [0.15, 0.2) is 5.82 Å². The molecular weight excluding hydrogens is 1010 g/mol. The molecule has 404 valence electrons. The monoisotopic (exact) mass is 1070 g/mol. The molecule has 0 spiro atoms. The molecule has 5 aromatic heterocycles. The van der Waals surface area contributed by atoms with Gasteiger partial charge in [-0.25, -0.2) is 15.0 Å². The van der Waals surface area contributed by atoms with Gasteiger partial charge < -0.3 is 45.8 Å². The summed E-state index contributed by atoms with van der Waals surface area (Å²) in [5.41, 5.74) is 21.8. The van der Waals surface area contributed by atoms with Crippen LogP contribution in [0.15, 0.2) is 54.7 Å². The fourth-order valence-electron chi connectivity index (χ4n) is 9.10. The van der Waals surface area contributed by atoms with Crippen LogP contribution in [0, 0.1) is 13.8 Å². The number of allylic oxidation sites excluding steroid dienone is 2. The van der Waals surface area contributed by atoms with E-state index < -0.39 is 46.8 Å². The minimum absolute atomic E-state index is 0.0443. The Morgan fingerprint density at radius 3 is 2.26 bits per heavy atom. The first-order chi connectivity index (χ1) is 36.8. The molecule has 1 aliphatic rings. The molecule has 0 bridgehead atoms. The van der Waals surface area contributed by atoms with Crippen LogP contribution in [-0.4, -0.2) is 151 Å². The zero-order valence-corrected chi connectivity index (χ0v) is 44.1. The summed E-state index contributed by atoms with van der Waals surface area (Å²) in [6.07, 6.45) is 5.52. The van der Waals surface area contributed by atoms with Gasteiger partial charge in [0.1, 0.15) is 40.1 Å². The van der Waals surface area contributed by atoms with Gasteiger partial charge in [-0.2, -0.15) is 10.2 Å². The third-order valence-electron chi connectivity index (χ3n) is 13.0. The largest absolute Gasteiger partial charge is 0.495 e. The second-order valence-corrected chi connectivity index (χ2v) is 19.5. The van der Waals surface area contributed by atoms with Gasteiger partial charge in [-0.05, 0) is 70.5 Å². The van der Waals surface area contributed by atoms with Crippen molar-refractivity contribution in [2.75, 3.05) is 44.9 Å². The fraction of sp³-hybridized carbons (Fsp3) is 0.373. The number of anilines is 1. The summed E-state index contributed by atoms with van der Waals surface area (Å²) in [6, 6.07) is 8.64. The van der Waals surface area contributed by atoms with Gasteiger partial charge in [0.25, 0.3) is 5.91 Å². The van der Waals surface area contributed by atoms with Crippen molar-refractivity contribution < 1.29 is 48.1 Å². The molecule has 26 heteroatoms. The number of methoxy groups -OCH3 is 1. The lowest BCUT2D eigenvalue weighted by Gasteiger charge is -2.20. The fourth-order valence-corrected chi connectivity index (χ4v) is 10.2. The summed E-state index contributed by atoms with van der Waals surface area (Å²) in [5, 5.41) is 21.6. The lowest BCUT2D eigenvalue weighted by molar-refractivity contribution is -0.140. The Labute approximate surface area is 444 Å². The number of likely N-dealkylation sites (tertiary alicyclic amines) is 1. The number of aliphatic carboxylic acids is 1. The van der Waals surface area contributed by atoms with E-state index in [0.29, 0.717) is 69.9 Å². The molecule has 2 aromatic carbocycles. The number of primary amides is 2. The van der Waals surface area contributed by atoms with Gasteiger partial charge in [0, 0.05) is 93.0 Å². The smallest absolute Gasteiger partial charge is 0.321 e. The Balaban J connectivity index is 1.07. The highest BCUT2D eigenvalue weighted by Gasteiger charge is 2.39. The van der Waals surface area contributed by atoms with Gasteiger partial charge in [0.2, 0.25) is 35.5 Å². The molecule has 0 radical (unpaired) electrons. The van der Waals surface area contributed by atoms with E-state index in [9.17, 15) is 33.6 Å². The molecule has 0 saturated carbocycles. The van der Waals surface area contributed by atoms with E-state index in [1.807, 2.05) is 48.2 Å². The molecule has 6 heterocycles. The maximum absolute atomic E-state index is 14.0. The first-order valence-corrected chi connectivity index (χ1v) is 25.7. The molecular formula is C51H59N15O10S. The average Bonchev–Trinajstić information content (AvgIpc) is 4.27. The lowest BCUT2D eigenvalue weighted by atomic mass is 10.1. The number of amides is 6. The number of imidazole rings is 1. The van der Waals surface area contributed by atoms with Gasteiger partial charge >= 0.3 is 5.97 Å². The summed E-state index contributed by atoms with van der Waals surface area (Å²) in [6.45, 7) is 8.98. The number of thioether (sulfide) groups is 1. The number of nitrogens with one attached hydrogen (secondary N) is 1. The zero-order valence-electron chi connectivity index (χ0n) is 43.3. The average molecular weight is 1070 g/mol. The van der Waals surface area contributed by atoms with Gasteiger partial charge in [-0.3, -0.25) is 53.1 Å². The van der Waals surface area contributed by atoms with Crippen molar-refractivity contribution in [1.82, 2.24) is 53.4 Å². The van der Waals surface area contributed by atoms with E-state index in [-0.39, 0.29) is 85.6 Å². The van der Waals surface area contributed by atoms with Crippen molar-refractivity contribution in [2.45, 2.75) is 84.4 Å². The minimum atomic E-state index is -1.21. The number of nitrogens with two attached hydrogens (primary N) is 3. The second kappa shape index (κ2) is 23.1. The van der Waals surface area contributed by atoms with Crippen LogP contribution in [0.3, 0.4) is 0 Å². The maximum Gasteiger partial charge on any atom is 0.321 e. The molecule has 1 aliphatic heterocycles. The van der Waals surface area contributed by atoms with Crippen LogP contribution < -0.4 is 32.0 Å². The van der Waals surface area contributed by atoms with Gasteiger partial charge in [0.05, 0.1) is 41.4 Å². The van der Waals surface area contributed by atoms with Gasteiger partial charge in [-0.15, -0.1) is 11.8 Å². The van der Waals surface area contributed by atoms with Crippen molar-refractivity contribution in [1.29, 1.82) is 0 Å². The Kier molecular flexibility index (Phi) is 16.4. The number of aryl methyl sites for hydroxylation is 4. The van der Waals surface area contributed by atoms with E-state index >= 15 is 0 Å². The van der Waals surface area contributed by atoms with E-state index in [2.05, 4.69) is 15.5 Å². The number of ether oxygens (including phenoxy) is 2. The number of fused-ring (bicyclic) bond motifs is 4. The molecule has 1 fully saturated rings. The highest BCUT2D eigenvalue weighted by atomic mass is 32.2. The van der Waals surface area contributed by atoms with Crippen LogP contribution in [0.1, 0.15) is 75.7 Å². The van der Waals surface area contributed by atoms with Crippen LogP contribution >= 0.6 is 11.8 Å². The van der Waals surface area contributed by atoms with Crippen molar-refractivity contribution in [3.63, 3.8) is 0 Å². The molecule has 0 aliphatic carbocycles. The molecule has 77 heavy (non-hydrogen) atoms. The molecule has 2 atom stereocenters. The Morgan fingerprint density at radius 2 is 1.57 bits per heavy atom. The van der Waals surface area contributed by atoms with Crippen LogP contribution in [0.25, 0.3) is 44.5 Å². The van der Waals surface area contributed by atoms with E-state index in [4.69, 9.17) is 46.7 Å². The topological polar surface area (TPSA) is 339 Å². The normalized spacial score (nSPS) is 14.1. The number of hydrogen-bond donors (Lipinski definition) is 5. The number of aromatic nitrogens is 9. The van der Waals surface area contributed by atoms with Crippen molar-refractivity contribution >= 4 is 92.1 Å². The number of carbonyl (C=O) groups is 7. The van der Waals surface area contributed by atoms with Gasteiger partial charge in [-0.1, -0.05) is 12.2 Å². The van der Waals surface area contributed by atoms with Crippen LogP contribution in [-0.2, 0) is 45.4 Å². The first-order valence-electron chi connectivity index (χ1n) is 24.7. The number of carbonyl (C=O) groups excluding carboxylic acids is 6. The molecule has 8 rings (SSSR count). The molecule has 1 unspecified atom stereocenters. The molecule has 1 saturated heterocycles. The SMILES string of the molecule is CCn1nc(C)cc1C(=O)Nc1nc2cc(C(N)=O)cc(OCCCN(C)C(=O)CCN3C(=O)CC(SC[C@H](N)C(=O)O)C3=O)c2n1C/C=C/Cn1c2nc(-c3cc(C)nn3CC)ncc2c2cc(C(N)=O)cc(OC)c21. The summed E-state index contributed by atoms with van der Waals surface area (Å²) < 4.78 is 19.3. The maximum atomic E-state index is 14.0. The predicted molar refractivity (Wildman–Crippen MR) is 285 cm³/mol. The van der Waals surface area contributed by atoms with E-state index in [1.165, 1.54) is 24.1 Å². The van der Waals surface area contributed by atoms with Crippen molar-refractivity contribution in [3.8, 4) is 23.0 Å².